The minimum Gasteiger partial charge on any atom is -0.377 e. The number of benzene rings is 1. The number of para-hydroxylation sites is 1. The minimum absolute atomic E-state index is 0. The number of anilines is 2. The highest BCUT2D eigenvalue weighted by molar-refractivity contribution is 7.13. The Morgan fingerprint density at radius 3 is 2.50 bits per heavy atom. The van der Waals surface area contributed by atoms with Crippen LogP contribution in [-0.2, 0) is 0 Å². The summed E-state index contributed by atoms with van der Waals surface area (Å²) < 4.78 is 0. The summed E-state index contributed by atoms with van der Waals surface area (Å²) in [5.74, 6) is 0.619. The van der Waals surface area contributed by atoms with Gasteiger partial charge in [0.2, 0.25) is 0 Å². The van der Waals surface area contributed by atoms with Gasteiger partial charge >= 0.3 is 5.00 Å². The molecule has 8 nitrogen and oxygen atoms in total. The highest BCUT2D eigenvalue weighted by Crippen LogP contribution is 2.29. The first-order chi connectivity index (χ1) is 14.9. The van der Waals surface area contributed by atoms with Crippen molar-refractivity contribution in [3.8, 4) is 0 Å². The Labute approximate surface area is 196 Å². The lowest BCUT2D eigenvalue weighted by Crippen LogP contribution is -2.40. The van der Waals surface area contributed by atoms with Gasteiger partial charge in [0.25, 0.3) is 5.91 Å². The van der Waals surface area contributed by atoms with Gasteiger partial charge in [0.1, 0.15) is 5.82 Å². The van der Waals surface area contributed by atoms with E-state index in [1.165, 1.54) is 11.4 Å². The number of hydrogen-bond acceptors (Lipinski definition) is 7. The van der Waals surface area contributed by atoms with Crippen LogP contribution in [-0.4, -0.2) is 42.0 Å². The molecule has 1 aliphatic rings. The quantitative estimate of drug-likeness (QED) is 0.390. The van der Waals surface area contributed by atoms with Gasteiger partial charge in [-0.15, -0.1) is 12.4 Å². The fourth-order valence-corrected chi connectivity index (χ4v) is 4.70. The van der Waals surface area contributed by atoms with E-state index in [1.807, 2.05) is 32.3 Å². The SMILES string of the molecule is CN(C)c1cc(NC2CCC(NC(=O)c3csc([N+](=O)[O-])c3)CC2)nc2ccccc12.Cl. The number of fused-ring (bicyclic) bond motifs is 1. The van der Waals surface area contributed by atoms with Gasteiger partial charge in [-0.1, -0.05) is 29.5 Å². The van der Waals surface area contributed by atoms with Crippen molar-refractivity contribution in [1.82, 2.24) is 10.3 Å². The summed E-state index contributed by atoms with van der Waals surface area (Å²) in [5.41, 5.74) is 2.44. The average molecular weight is 476 g/mol. The van der Waals surface area contributed by atoms with Crippen LogP contribution in [0.2, 0.25) is 0 Å². The van der Waals surface area contributed by atoms with Crippen molar-refractivity contribution in [2.75, 3.05) is 24.3 Å². The van der Waals surface area contributed by atoms with E-state index in [4.69, 9.17) is 4.98 Å². The maximum Gasteiger partial charge on any atom is 0.324 e. The van der Waals surface area contributed by atoms with Crippen LogP contribution >= 0.6 is 23.7 Å². The zero-order valence-electron chi connectivity index (χ0n) is 17.9. The minimum atomic E-state index is -0.471. The van der Waals surface area contributed by atoms with E-state index in [2.05, 4.69) is 27.7 Å². The van der Waals surface area contributed by atoms with Gasteiger partial charge in [0.15, 0.2) is 0 Å². The Kier molecular flexibility index (Phi) is 7.52. The summed E-state index contributed by atoms with van der Waals surface area (Å²) in [6, 6.07) is 11.9. The second-order valence-electron chi connectivity index (χ2n) is 8.04. The summed E-state index contributed by atoms with van der Waals surface area (Å²) in [6.07, 6.45) is 3.54. The number of hydrogen-bond donors (Lipinski definition) is 2. The van der Waals surface area contributed by atoms with Gasteiger partial charge in [0, 0.05) is 54.8 Å². The zero-order valence-corrected chi connectivity index (χ0v) is 19.5. The first-order valence-corrected chi connectivity index (χ1v) is 11.2. The van der Waals surface area contributed by atoms with E-state index in [-0.39, 0.29) is 29.4 Å². The summed E-state index contributed by atoms with van der Waals surface area (Å²) in [5, 5.41) is 20.0. The Bertz CT molecular complexity index is 1110. The van der Waals surface area contributed by atoms with Crippen LogP contribution in [0, 0.1) is 10.1 Å². The molecule has 2 N–H and O–H groups in total. The molecule has 0 spiro atoms. The zero-order chi connectivity index (χ0) is 22.0. The second-order valence-corrected chi connectivity index (χ2v) is 8.92. The Balaban J connectivity index is 0.00000289. The van der Waals surface area contributed by atoms with Crippen LogP contribution in [0.5, 0.6) is 0 Å². The van der Waals surface area contributed by atoms with Crippen molar-refractivity contribution in [3.05, 3.63) is 57.5 Å². The lowest BCUT2D eigenvalue weighted by molar-refractivity contribution is -0.380. The maximum atomic E-state index is 12.4. The van der Waals surface area contributed by atoms with Gasteiger partial charge in [-0.25, -0.2) is 4.98 Å². The van der Waals surface area contributed by atoms with Gasteiger partial charge < -0.3 is 15.5 Å². The molecule has 4 rings (SSSR count). The molecular weight excluding hydrogens is 450 g/mol. The third-order valence-corrected chi connectivity index (χ3v) is 6.50. The molecule has 0 radical (unpaired) electrons. The lowest BCUT2D eigenvalue weighted by Gasteiger charge is -2.30. The number of nitrogens with one attached hydrogen (secondary N) is 2. The molecule has 1 fully saturated rings. The van der Waals surface area contributed by atoms with Crippen LogP contribution < -0.4 is 15.5 Å². The highest BCUT2D eigenvalue weighted by Gasteiger charge is 2.24. The summed E-state index contributed by atoms with van der Waals surface area (Å²) in [6.45, 7) is 0. The van der Waals surface area contributed by atoms with Crippen molar-refractivity contribution in [2.45, 2.75) is 37.8 Å². The number of rotatable bonds is 6. The van der Waals surface area contributed by atoms with E-state index in [1.54, 1.807) is 0 Å². The first kappa shape index (κ1) is 23.7. The molecule has 0 bridgehead atoms. The molecule has 2 heterocycles. The first-order valence-electron chi connectivity index (χ1n) is 10.3. The number of aromatic nitrogens is 1. The highest BCUT2D eigenvalue weighted by atomic mass is 35.5. The summed E-state index contributed by atoms with van der Waals surface area (Å²) >= 11 is 0.973. The predicted octanol–water partition coefficient (Wildman–Crippen LogP) is 4.85. The van der Waals surface area contributed by atoms with E-state index < -0.39 is 4.92 Å². The van der Waals surface area contributed by atoms with Gasteiger partial charge in [-0.3, -0.25) is 14.9 Å². The molecule has 10 heteroatoms. The standard InChI is InChI=1S/C22H25N5O3S.ClH/c1-26(2)19-12-20(25-18-6-4-3-5-17(18)19)23-15-7-9-16(10-8-15)24-22(28)14-11-21(27(29)30)31-13-14;/h3-6,11-13,15-16H,7-10H2,1-2H3,(H,23,25)(H,24,28);1H. The fraction of sp³-hybridized carbons (Fsp3) is 0.364. The van der Waals surface area contributed by atoms with Crippen molar-refractivity contribution in [2.24, 2.45) is 0 Å². The second kappa shape index (κ2) is 10.1. The molecule has 0 unspecified atom stereocenters. The normalized spacial score (nSPS) is 17.9. The van der Waals surface area contributed by atoms with Crippen molar-refractivity contribution in [1.29, 1.82) is 0 Å². The Morgan fingerprint density at radius 2 is 1.84 bits per heavy atom. The molecule has 170 valence electrons. The number of carbonyl (C=O) groups is 1. The van der Waals surface area contributed by atoms with Crippen molar-refractivity contribution < 1.29 is 9.72 Å². The van der Waals surface area contributed by atoms with Gasteiger partial charge in [-0.2, -0.15) is 0 Å². The molecule has 0 aliphatic heterocycles. The molecule has 1 amide bonds. The molecule has 2 aromatic heterocycles. The Morgan fingerprint density at radius 1 is 1.16 bits per heavy atom. The third-order valence-electron chi connectivity index (χ3n) is 5.62. The number of amides is 1. The number of carbonyl (C=O) groups excluding carboxylic acids is 1. The van der Waals surface area contributed by atoms with Gasteiger partial charge in [-0.05, 0) is 31.7 Å². The lowest BCUT2D eigenvalue weighted by atomic mass is 9.91. The molecular formula is C22H26ClN5O3S. The topological polar surface area (TPSA) is 100 Å². The molecule has 0 atom stereocenters. The van der Waals surface area contributed by atoms with E-state index in [0.29, 0.717) is 11.6 Å². The number of thiophene rings is 1. The largest absolute Gasteiger partial charge is 0.377 e. The number of halogens is 1. The summed E-state index contributed by atoms with van der Waals surface area (Å²) in [4.78, 5) is 29.6. The molecule has 0 saturated heterocycles. The average Bonchev–Trinajstić information content (AvgIpc) is 3.25. The summed E-state index contributed by atoms with van der Waals surface area (Å²) in [7, 11) is 4.06. The monoisotopic (exact) mass is 475 g/mol. The predicted molar refractivity (Wildman–Crippen MR) is 131 cm³/mol. The number of pyridine rings is 1. The number of nitro groups is 1. The molecule has 3 aromatic rings. The number of nitrogens with zero attached hydrogens (tertiary/aromatic N) is 3. The van der Waals surface area contributed by atoms with Crippen molar-refractivity contribution in [3.63, 3.8) is 0 Å². The Hall–Kier alpha value is -2.91. The van der Waals surface area contributed by atoms with E-state index >= 15 is 0 Å². The molecule has 1 saturated carbocycles. The van der Waals surface area contributed by atoms with Crippen LogP contribution in [0.15, 0.2) is 41.8 Å². The van der Waals surface area contributed by atoms with E-state index in [9.17, 15) is 14.9 Å². The van der Waals surface area contributed by atoms with Crippen LogP contribution in [0.4, 0.5) is 16.5 Å². The van der Waals surface area contributed by atoms with Crippen molar-refractivity contribution >= 4 is 57.1 Å². The maximum absolute atomic E-state index is 12.4. The molecule has 1 aromatic carbocycles. The molecule has 32 heavy (non-hydrogen) atoms. The van der Waals surface area contributed by atoms with Crippen LogP contribution in [0.25, 0.3) is 10.9 Å². The molecule has 1 aliphatic carbocycles. The van der Waals surface area contributed by atoms with Crippen LogP contribution in [0.1, 0.15) is 36.0 Å². The van der Waals surface area contributed by atoms with Crippen LogP contribution in [0.3, 0.4) is 0 Å². The fourth-order valence-electron chi connectivity index (χ4n) is 4.00. The van der Waals surface area contributed by atoms with E-state index in [0.717, 1.165) is 59.4 Å². The smallest absolute Gasteiger partial charge is 0.324 e. The third kappa shape index (κ3) is 5.28. The van der Waals surface area contributed by atoms with Gasteiger partial charge in [0.05, 0.1) is 16.0 Å².